The Morgan fingerprint density at radius 2 is 1.00 bits per heavy atom. The SMILES string of the molecule is O=C(O)COCCOc1cc(-c2cc(OCCOCC(=O)O)cc3ccccc23)c2ccccc2c1. The van der Waals surface area contributed by atoms with E-state index in [9.17, 15) is 9.59 Å². The van der Waals surface area contributed by atoms with Gasteiger partial charge in [0.25, 0.3) is 0 Å². The maximum atomic E-state index is 10.6. The monoisotopic (exact) mass is 490 g/mol. The zero-order valence-corrected chi connectivity index (χ0v) is 19.5. The highest BCUT2D eigenvalue weighted by atomic mass is 16.5. The van der Waals surface area contributed by atoms with Gasteiger partial charge in [-0.1, -0.05) is 48.5 Å². The van der Waals surface area contributed by atoms with Crippen LogP contribution in [-0.2, 0) is 19.1 Å². The van der Waals surface area contributed by atoms with E-state index in [1.807, 2.05) is 72.8 Å². The zero-order chi connectivity index (χ0) is 25.3. The van der Waals surface area contributed by atoms with Crippen molar-refractivity contribution < 1.29 is 38.7 Å². The molecule has 0 radical (unpaired) electrons. The number of benzene rings is 4. The number of hydrogen-bond acceptors (Lipinski definition) is 6. The highest BCUT2D eigenvalue weighted by Gasteiger charge is 2.13. The summed E-state index contributed by atoms with van der Waals surface area (Å²) in [6, 6.07) is 23.8. The topological polar surface area (TPSA) is 112 Å². The van der Waals surface area contributed by atoms with Crippen molar-refractivity contribution >= 4 is 33.5 Å². The summed E-state index contributed by atoms with van der Waals surface area (Å²) in [4.78, 5) is 21.3. The Balaban J connectivity index is 1.66. The lowest BCUT2D eigenvalue weighted by atomic mass is 9.93. The van der Waals surface area contributed by atoms with Crippen molar-refractivity contribution in [2.75, 3.05) is 39.6 Å². The molecule has 0 bridgehead atoms. The van der Waals surface area contributed by atoms with E-state index in [-0.39, 0.29) is 39.6 Å². The minimum atomic E-state index is -1.02. The van der Waals surface area contributed by atoms with Crippen LogP contribution >= 0.6 is 0 Å². The summed E-state index contributed by atoms with van der Waals surface area (Å²) in [5.74, 6) is -0.768. The summed E-state index contributed by atoms with van der Waals surface area (Å²) < 4.78 is 21.9. The van der Waals surface area contributed by atoms with Gasteiger partial charge in [-0.3, -0.25) is 0 Å². The number of carboxylic acid groups (broad SMARTS) is 2. The fraction of sp³-hybridized carbons (Fsp3) is 0.214. The molecule has 0 amide bonds. The van der Waals surface area contributed by atoms with Gasteiger partial charge in [-0.05, 0) is 56.9 Å². The van der Waals surface area contributed by atoms with E-state index in [1.165, 1.54) is 0 Å². The summed E-state index contributed by atoms with van der Waals surface area (Å²) in [5.41, 5.74) is 1.91. The maximum Gasteiger partial charge on any atom is 0.329 e. The minimum absolute atomic E-state index is 0.157. The zero-order valence-electron chi connectivity index (χ0n) is 19.5. The molecule has 0 aromatic heterocycles. The van der Waals surface area contributed by atoms with Crippen molar-refractivity contribution in [3.05, 3.63) is 72.8 Å². The summed E-state index contributed by atoms with van der Waals surface area (Å²) in [6.45, 7) is 0.00481. The molecule has 8 nitrogen and oxygen atoms in total. The van der Waals surface area contributed by atoms with E-state index >= 15 is 0 Å². The van der Waals surface area contributed by atoms with Crippen molar-refractivity contribution in [2.24, 2.45) is 0 Å². The molecule has 0 unspecified atom stereocenters. The van der Waals surface area contributed by atoms with Gasteiger partial charge >= 0.3 is 11.9 Å². The fourth-order valence-corrected chi connectivity index (χ4v) is 3.93. The molecule has 0 aliphatic rings. The molecule has 4 aromatic rings. The molecule has 0 heterocycles. The first-order chi connectivity index (χ1) is 17.5. The van der Waals surface area contributed by atoms with Gasteiger partial charge in [-0.15, -0.1) is 0 Å². The summed E-state index contributed by atoms with van der Waals surface area (Å²) in [7, 11) is 0. The Labute approximate surface area is 207 Å². The lowest BCUT2D eigenvalue weighted by Crippen LogP contribution is -2.12. The molecular formula is C28H26O8. The molecule has 0 saturated carbocycles. The van der Waals surface area contributed by atoms with Crippen LogP contribution in [0, 0.1) is 0 Å². The van der Waals surface area contributed by atoms with Crippen molar-refractivity contribution in [1.29, 1.82) is 0 Å². The maximum absolute atomic E-state index is 10.6. The normalized spacial score (nSPS) is 11.0. The molecule has 2 N–H and O–H groups in total. The van der Waals surface area contributed by atoms with Crippen LogP contribution in [0.25, 0.3) is 32.7 Å². The standard InChI is InChI=1S/C28H26O8/c29-27(30)17-33-9-11-35-21-13-19-5-1-3-7-23(19)25(15-21)26-16-22(36-12-10-34-18-28(31)32)14-20-6-2-4-8-24(20)26/h1-8,13-16H,9-12,17-18H2,(H,29,30)(H,31,32). The number of aliphatic carboxylic acids is 2. The summed E-state index contributed by atoms with van der Waals surface area (Å²) in [6.07, 6.45) is 0. The molecule has 8 heteroatoms. The molecule has 186 valence electrons. The van der Waals surface area contributed by atoms with Gasteiger partial charge in [0.05, 0.1) is 13.2 Å². The Morgan fingerprint density at radius 3 is 1.42 bits per heavy atom. The average Bonchev–Trinajstić information content (AvgIpc) is 2.87. The van der Waals surface area contributed by atoms with E-state index in [1.54, 1.807) is 0 Å². The fourth-order valence-electron chi connectivity index (χ4n) is 3.93. The third-order valence-electron chi connectivity index (χ3n) is 5.40. The highest BCUT2D eigenvalue weighted by molar-refractivity contribution is 6.06. The van der Waals surface area contributed by atoms with Gasteiger partial charge in [0, 0.05) is 0 Å². The molecule has 4 aromatic carbocycles. The van der Waals surface area contributed by atoms with Crippen LogP contribution in [0.1, 0.15) is 0 Å². The third kappa shape index (κ3) is 6.50. The van der Waals surface area contributed by atoms with Gasteiger partial charge in [-0.25, -0.2) is 9.59 Å². The van der Waals surface area contributed by atoms with Crippen LogP contribution in [0.5, 0.6) is 11.5 Å². The van der Waals surface area contributed by atoms with Crippen LogP contribution < -0.4 is 9.47 Å². The molecule has 0 saturated heterocycles. The summed E-state index contributed by atoms with van der Waals surface area (Å²) >= 11 is 0. The molecule has 36 heavy (non-hydrogen) atoms. The van der Waals surface area contributed by atoms with Crippen molar-refractivity contribution in [2.45, 2.75) is 0 Å². The van der Waals surface area contributed by atoms with Crippen molar-refractivity contribution in [3.8, 4) is 22.6 Å². The molecular weight excluding hydrogens is 464 g/mol. The lowest BCUT2D eigenvalue weighted by Gasteiger charge is -2.16. The third-order valence-corrected chi connectivity index (χ3v) is 5.40. The second-order valence-corrected chi connectivity index (χ2v) is 7.97. The van der Waals surface area contributed by atoms with E-state index < -0.39 is 11.9 Å². The predicted molar refractivity (Wildman–Crippen MR) is 135 cm³/mol. The van der Waals surface area contributed by atoms with Crippen LogP contribution in [0.2, 0.25) is 0 Å². The Hall–Kier alpha value is -4.14. The smallest absolute Gasteiger partial charge is 0.329 e. The van der Waals surface area contributed by atoms with Gasteiger partial charge in [0.2, 0.25) is 0 Å². The largest absolute Gasteiger partial charge is 0.491 e. The number of rotatable bonds is 13. The molecule has 0 atom stereocenters. The second kappa shape index (κ2) is 12.0. The van der Waals surface area contributed by atoms with E-state index in [4.69, 9.17) is 29.2 Å². The number of carboxylic acids is 2. The van der Waals surface area contributed by atoms with Crippen molar-refractivity contribution in [3.63, 3.8) is 0 Å². The van der Waals surface area contributed by atoms with Crippen LogP contribution in [0.4, 0.5) is 0 Å². The van der Waals surface area contributed by atoms with Crippen LogP contribution in [0.15, 0.2) is 72.8 Å². The second-order valence-electron chi connectivity index (χ2n) is 7.97. The van der Waals surface area contributed by atoms with E-state index in [0.717, 1.165) is 32.7 Å². The van der Waals surface area contributed by atoms with Gasteiger partial charge in [-0.2, -0.15) is 0 Å². The minimum Gasteiger partial charge on any atom is -0.491 e. The van der Waals surface area contributed by atoms with Gasteiger partial charge < -0.3 is 29.2 Å². The lowest BCUT2D eigenvalue weighted by molar-refractivity contribution is -0.143. The quantitative estimate of drug-likeness (QED) is 0.261. The number of carbonyl (C=O) groups is 2. The summed E-state index contributed by atoms with van der Waals surface area (Å²) in [5, 5.41) is 21.5. The van der Waals surface area contributed by atoms with Gasteiger partial charge in [0.15, 0.2) is 0 Å². The predicted octanol–water partition coefficient (Wildman–Crippen LogP) is 4.62. The highest BCUT2D eigenvalue weighted by Crippen LogP contribution is 2.39. The Morgan fingerprint density at radius 1 is 0.583 bits per heavy atom. The Bertz CT molecular complexity index is 1260. The Kier molecular flexibility index (Phi) is 8.33. The molecule has 4 rings (SSSR count). The molecule has 0 aliphatic carbocycles. The first kappa shape index (κ1) is 25.0. The average molecular weight is 491 g/mol. The van der Waals surface area contributed by atoms with E-state index in [2.05, 4.69) is 0 Å². The molecule has 0 aliphatic heterocycles. The number of hydrogen-bond donors (Lipinski definition) is 2. The number of ether oxygens (including phenoxy) is 4. The van der Waals surface area contributed by atoms with Gasteiger partial charge in [0.1, 0.15) is 37.9 Å². The first-order valence-electron chi connectivity index (χ1n) is 11.4. The number of fused-ring (bicyclic) bond motifs is 2. The molecule has 0 fully saturated rings. The molecule has 0 spiro atoms. The first-order valence-corrected chi connectivity index (χ1v) is 11.4. The van der Waals surface area contributed by atoms with Crippen LogP contribution in [0.3, 0.4) is 0 Å². The van der Waals surface area contributed by atoms with E-state index in [0.29, 0.717) is 11.5 Å². The van der Waals surface area contributed by atoms with Crippen LogP contribution in [-0.4, -0.2) is 61.8 Å². The van der Waals surface area contributed by atoms with Crippen molar-refractivity contribution in [1.82, 2.24) is 0 Å².